The average molecular weight is 452 g/mol. The molecule has 0 aliphatic carbocycles. The standard InChI is InChI=1S/C18H11F3N4O3S2/c19-18(20,21)28-11-7-5-10(6-8-11)22-16-23-24-17(30-16)29-9-25-14(26)12-3-1-2-4-13(12)15(25)27/h1-8H,9H2,(H,22,23). The molecule has 2 amide bonds. The van der Waals surface area contributed by atoms with Crippen molar-refractivity contribution in [2.45, 2.75) is 10.7 Å². The predicted octanol–water partition coefficient (Wildman–Crippen LogP) is 4.53. The molecule has 7 nitrogen and oxygen atoms in total. The Morgan fingerprint density at radius 3 is 2.23 bits per heavy atom. The smallest absolute Gasteiger partial charge is 0.406 e. The van der Waals surface area contributed by atoms with Crippen molar-refractivity contribution in [3.8, 4) is 5.75 Å². The van der Waals surface area contributed by atoms with Gasteiger partial charge in [0.2, 0.25) is 5.13 Å². The number of aromatic nitrogens is 2. The zero-order valence-corrected chi connectivity index (χ0v) is 16.5. The van der Waals surface area contributed by atoms with E-state index in [1.54, 1.807) is 24.3 Å². The monoisotopic (exact) mass is 452 g/mol. The largest absolute Gasteiger partial charge is 0.573 e. The maximum absolute atomic E-state index is 12.4. The number of rotatable bonds is 6. The lowest BCUT2D eigenvalue weighted by atomic mass is 10.1. The van der Waals surface area contributed by atoms with Crippen LogP contribution in [0, 0.1) is 0 Å². The lowest BCUT2D eigenvalue weighted by Gasteiger charge is -2.11. The summed E-state index contributed by atoms with van der Waals surface area (Å²) in [4.78, 5) is 25.9. The van der Waals surface area contributed by atoms with Crippen LogP contribution in [-0.2, 0) is 0 Å². The topological polar surface area (TPSA) is 84.4 Å². The minimum atomic E-state index is -4.75. The number of anilines is 2. The van der Waals surface area contributed by atoms with Crippen molar-refractivity contribution in [2.24, 2.45) is 0 Å². The Morgan fingerprint density at radius 2 is 1.63 bits per heavy atom. The second-order valence-electron chi connectivity index (χ2n) is 5.93. The van der Waals surface area contributed by atoms with E-state index in [0.29, 0.717) is 26.3 Å². The third-order valence-electron chi connectivity index (χ3n) is 3.94. The van der Waals surface area contributed by atoms with E-state index in [-0.39, 0.29) is 23.4 Å². The van der Waals surface area contributed by atoms with E-state index < -0.39 is 6.36 Å². The van der Waals surface area contributed by atoms with Gasteiger partial charge in [-0.1, -0.05) is 35.2 Å². The normalized spacial score (nSPS) is 13.5. The fraction of sp³-hybridized carbons (Fsp3) is 0.111. The first-order valence-corrected chi connectivity index (χ1v) is 10.1. The summed E-state index contributed by atoms with van der Waals surface area (Å²) in [6, 6.07) is 11.8. The molecular formula is C18H11F3N4O3S2. The van der Waals surface area contributed by atoms with E-state index in [0.717, 1.165) is 4.90 Å². The molecule has 1 aliphatic rings. The number of fused-ring (bicyclic) bond motifs is 1. The molecule has 0 saturated heterocycles. The second kappa shape index (κ2) is 7.95. The number of alkyl halides is 3. The van der Waals surface area contributed by atoms with Gasteiger partial charge < -0.3 is 10.1 Å². The van der Waals surface area contributed by atoms with Crippen molar-refractivity contribution in [1.29, 1.82) is 0 Å². The minimum absolute atomic E-state index is 0.0878. The molecule has 0 fully saturated rings. The van der Waals surface area contributed by atoms with Crippen LogP contribution in [0.3, 0.4) is 0 Å². The molecule has 1 aliphatic heterocycles. The third kappa shape index (κ3) is 4.39. The molecule has 12 heteroatoms. The summed E-state index contributed by atoms with van der Waals surface area (Å²) in [7, 11) is 0. The maximum atomic E-state index is 12.4. The van der Waals surface area contributed by atoms with E-state index in [1.807, 2.05) is 0 Å². The van der Waals surface area contributed by atoms with E-state index >= 15 is 0 Å². The highest BCUT2D eigenvalue weighted by molar-refractivity contribution is 8.01. The van der Waals surface area contributed by atoms with Gasteiger partial charge >= 0.3 is 6.36 Å². The molecule has 0 saturated carbocycles. The van der Waals surface area contributed by atoms with Crippen LogP contribution in [0.4, 0.5) is 24.0 Å². The first-order chi connectivity index (χ1) is 14.3. The Kier molecular flexibility index (Phi) is 5.35. The first-order valence-electron chi connectivity index (χ1n) is 8.34. The highest BCUT2D eigenvalue weighted by Gasteiger charge is 2.35. The predicted molar refractivity (Wildman–Crippen MR) is 104 cm³/mol. The van der Waals surface area contributed by atoms with Crippen molar-refractivity contribution >= 4 is 45.7 Å². The van der Waals surface area contributed by atoms with Crippen molar-refractivity contribution in [3.63, 3.8) is 0 Å². The lowest BCUT2D eigenvalue weighted by molar-refractivity contribution is -0.274. The fourth-order valence-corrected chi connectivity index (χ4v) is 4.36. The maximum Gasteiger partial charge on any atom is 0.573 e. The number of imide groups is 1. The minimum Gasteiger partial charge on any atom is -0.406 e. The van der Waals surface area contributed by atoms with Crippen molar-refractivity contribution in [2.75, 3.05) is 11.2 Å². The van der Waals surface area contributed by atoms with E-state index in [4.69, 9.17) is 0 Å². The van der Waals surface area contributed by atoms with E-state index in [1.165, 1.54) is 47.4 Å². The van der Waals surface area contributed by atoms with E-state index in [2.05, 4.69) is 20.3 Å². The van der Waals surface area contributed by atoms with Crippen molar-refractivity contribution in [3.05, 3.63) is 59.7 Å². The van der Waals surface area contributed by atoms with Crippen LogP contribution in [-0.4, -0.2) is 39.2 Å². The molecule has 0 spiro atoms. The summed E-state index contributed by atoms with van der Waals surface area (Å²) >= 11 is 2.36. The molecule has 0 unspecified atom stereocenters. The summed E-state index contributed by atoms with van der Waals surface area (Å²) < 4.78 is 40.9. The quantitative estimate of drug-likeness (QED) is 0.435. The summed E-state index contributed by atoms with van der Waals surface area (Å²) in [5.74, 6) is -0.952. The number of benzene rings is 2. The Hall–Kier alpha value is -3.12. The van der Waals surface area contributed by atoms with Gasteiger partial charge in [-0.15, -0.1) is 23.4 Å². The molecule has 0 atom stereocenters. The first kappa shape index (κ1) is 20.2. The molecule has 30 heavy (non-hydrogen) atoms. The summed E-state index contributed by atoms with van der Waals surface area (Å²) in [5, 5.41) is 11.3. The summed E-state index contributed by atoms with van der Waals surface area (Å²) in [6.45, 7) is 0. The van der Waals surface area contributed by atoms with Gasteiger partial charge in [-0.2, -0.15) is 0 Å². The Balaban J connectivity index is 1.35. The van der Waals surface area contributed by atoms with E-state index in [9.17, 15) is 22.8 Å². The van der Waals surface area contributed by atoms with Crippen LogP contribution in [0.15, 0.2) is 52.9 Å². The number of carbonyl (C=O) groups is 2. The van der Waals surface area contributed by atoms with Crippen LogP contribution in [0.1, 0.15) is 20.7 Å². The summed E-state index contributed by atoms with van der Waals surface area (Å²) in [6.07, 6.45) is -4.75. The Labute approximate surface area is 175 Å². The molecule has 0 bridgehead atoms. The number of hydrogen-bond acceptors (Lipinski definition) is 8. The number of carbonyl (C=O) groups excluding carboxylic acids is 2. The molecule has 2 aromatic carbocycles. The molecule has 154 valence electrons. The highest BCUT2D eigenvalue weighted by atomic mass is 32.2. The van der Waals surface area contributed by atoms with Crippen LogP contribution >= 0.6 is 23.1 Å². The van der Waals surface area contributed by atoms with Gasteiger partial charge in [-0.25, -0.2) is 0 Å². The molecule has 2 heterocycles. The van der Waals surface area contributed by atoms with Crippen LogP contribution < -0.4 is 10.1 Å². The number of halogens is 3. The molecule has 1 N–H and O–H groups in total. The SMILES string of the molecule is O=C1c2ccccc2C(=O)N1CSc1nnc(Nc2ccc(OC(F)(F)F)cc2)s1. The van der Waals surface area contributed by atoms with Gasteiger partial charge in [0.15, 0.2) is 4.34 Å². The third-order valence-corrected chi connectivity index (χ3v) is 5.89. The molecule has 0 radical (unpaired) electrons. The van der Waals surface area contributed by atoms with Gasteiger partial charge in [0, 0.05) is 5.69 Å². The molecule has 1 aromatic heterocycles. The fourth-order valence-electron chi connectivity index (χ4n) is 2.66. The van der Waals surface area contributed by atoms with Gasteiger partial charge in [0.1, 0.15) is 5.75 Å². The second-order valence-corrected chi connectivity index (χ2v) is 8.10. The van der Waals surface area contributed by atoms with Crippen molar-refractivity contribution in [1.82, 2.24) is 15.1 Å². The van der Waals surface area contributed by atoms with Gasteiger partial charge in [0.25, 0.3) is 11.8 Å². The van der Waals surface area contributed by atoms with Gasteiger partial charge in [-0.05, 0) is 36.4 Å². The average Bonchev–Trinajstić information content (AvgIpc) is 3.24. The lowest BCUT2D eigenvalue weighted by Crippen LogP contribution is -2.29. The number of hydrogen-bond donors (Lipinski definition) is 1. The zero-order chi connectivity index (χ0) is 21.3. The highest BCUT2D eigenvalue weighted by Crippen LogP contribution is 2.31. The number of nitrogens with zero attached hydrogens (tertiary/aromatic N) is 3. The van der Waals surface area contributed by atoms with Gasteiger partial charge in [0.05, 0.1) is 17.0 Å². The number of ether oxygens (including phenoxy) is 1. The molecular weight excluding hydrogens is 441 g/mol. The Bertz CT molecular complexity index is 1070. The van der Waals surface area contributed by atoms with Crippen LogP contribution in [0.5, 0.6) is 5.75 Å². The Morgan fingerprint density at radius 1 is 1.00 bits per heavy atom. The molecule has 4 rings (SSSR count). The van der Waals surface area contributed by atoms with Crippen molar-refractivity contribution < 1.29 is 27.5 Å². The summed E-state index contributed by atoms with van der Waals surface area (Å²) in [5.41, 5.74) is 1.25. The van der Waals surface area contributed by atoms with Crippen LogP contribution in [0.2, 0.25) is 0 Å². The number of amides is 2. The number of nitrogens with one attached hydrogen (secondary N) is 1. The van der Waals surface area contributed by atoms with Crippen LogP contribution in [0.25, 0.3) is 0 Å². The zero-order valence-electron chi connectivity index (χ0n) is 14.8. The van der Waals surface area contributed by atoms with Gasteiger partial charge in [-0.3, -0.25) is 14.5 Å². The number of thioether (sulfide) groups is 1. The molecule has 3 aromatic rings.